The van der Waals surface area contributed by atoms with Crippen LogP contribution in [0.2, 0.25) is 0 Å². The van der Waals surface area contributed by atoms with E-state index >= 15 is 0 Å². The molecule has 0 aromatic heterocycles. The Morgan fingerprint density at radius 1 is 1.25 bits per heavy atom. The second-order valence-electron chi connectivity index (χ2n) is 4.43. The summed E-state index contributed by atoms with van der Waals surface area (Å²) in [5.74, 6) is -1.57. The lowest BCUT2D eigenvalue weighted by Gasteiger charge is -2.38. The van der Waals surface area contributed by atoms with Crippen LogP contribution in [-0.4, -0.2) is 16.2 Å². The van der Waals surface area contributed by atoms with Crippen molar-refractivity contribution in [2.45, 2.75) is 31.3 Å². The lowest BCUT2D eigenvalue weighted by Crippen LogP contribution is -2.42. The number of hydrogen-bond donors (Lipinski definition) is 2. The molecule has 2 rings (SSSR count). The molecule has 0 heterocycles. The average molecular weight is 220 g/mol. The quantitative estimate of drug-likeness (QED) is 0.802. The largest absolute Gasteiger partial charge is 0.481 e. The molecule has 2 N–H and O–H groups in total. The molecule has 1 aliphatic rings. The summed E-state index contributed by atoms with van der Waals surface area (Å²) in [6.07, 6.45) is 2.86. The highest BCUT2D eigenvalue weighted by Crippen LogP contribution is 2.41. The van der Waals surface area contributed by atoms with Crippen LogP contribution in [0.4, 0.5) is 0 Å². The molecule has 1 aliphatic carbocycles. The van der Waals surface area contributed by atoms with Gasteiger partial charge in [0.05, 0.1) is 5.92 Å². The van der Waals surface area contributed by atoms with Gasteiger partial charge in [0.1, 0.15) is 5.60 Å². The van der Waals surface area contributed by atoms with E-state index in [1.54, 1.807) is 12.1 Å². The van der Waals surface area contributed by atoms with Gasteiger partial charge in [0.25, 0.3) is 0 Å². The Bertz CT molecular complexity index is 374. The predicted octanol–water partition coefficient (Wildman–Crippen LogP) is 2.15. The van der Waals surface area contributed by atoms with Crippen LogP contribution in [0.5, 0.6) is 0 Å². The number of hydrogen-bond acceptors (Lipinski definition) is 2. The average Bonchev–Trinajstić information content (AvgIpc) is 2.30. The van der Waals surface area contributed by atoms with Crippen LogP contribution in [0.25, 0.3) is 0 Å². The van der Waals surface area contributed by atoms with E-state index in [0.717, 1.165) is 18.4 Å². The van der Waals surface area contributed by atoms with Gasteiger partial charge < -0.3 is 10.2 Å². The zero-order chi connectivity index (χ0) is 11.6. The summed E-state index contributed by atoms with van der Waals surface area (Å²) in [6.45, 7) is 0. The van der Waals surface area contributed by atoms with E-state index in [1.165, 1.54) is 0 Å². The first-order valence-electron chi connectivity index (χ1n) is 5.65. The van der Waals surface area contributed by atoms with Crippen LogP contribution < -0.4 is 0 Å². The van der Waals surface area contributed by atoms with Gasteiger partial charge >= 0.3 is 5.97 Å². The highest BCUT2D eigenvalue weighted by Gasteiger charge is 2.44. The third-order valence-electron chi connectivity index (χ3n) is 3.45. The van der Waals surface area contributed by atoms with Crippen LogP contribution in [-0.2, 0) is 10.4 Å². The molecule has 2 atom stereocenters. The van der Waals surface area contributed by atoms with Crippen molar-refractivity contribution in [3.8, 4) is 0 Å². The van der Waals surface area contributed by atoms with Gasteiger partial charge in [-0.15, -0.1) is 0 Å². The van der Waals surface area contributed by atoms with E-state index in [0.29, 0.717) is 12.8 Å². The Kier molecular flexibility index (Phi) is 2.97. The molecular formula is C13H16O3. The highest BCUT2D eigenvalue weighted by molar-refractivity contribution is 5.72. The molecule has 3 heteroatoms. The molecule has 0 bridgehead atoms. The van der Waals surface area contributed by atoms with Crippen LogP contribution >= 0.6 is 0 Å². The van der Waals surface area contributed by atoms with Crippen molar-refractivity contribution >= 4 is 5.97 Å². The molecule has 86 valence electrons. The molecule has 0 unspecified atom stereocenters. The third kappa shape index (κ3) is 1.83. The minimum absolute atomic E-state index is 0.536. The van der Waals surface area contributed by atoms with Crippen molar-refractivity contribution in [1.82, 2.24) is 0 Å². The fourth-order valence-corrected chi connectivity index (χ4v) is 2.56. The summed E-state index contributed by atoms with van der Waals surface area (Å²) in [6, 6.07) is 9.15. The van der Waals surface area contributed by atoms with Gasteiger partial charge in [0.2, 0.25) is 0 Å². The fourth-order valence-electron chi connectivity index (χ4n) is 2.56. The van der Waals surface area contributed by atoms with E-state index in [2.05, 4.69) is 0 Å². The molecule has 0 spiro atoms. The van der Waals surface area contributed by atoms with Crippen molar-refractivity contribution in [3.63, 3.8) is 0 Å². The van der Waals surface area contributed by atoms with E-state index in [-0.39, 0.29) is 0 Å². The topological polar surface area (TPSA) is 57.5 Å². The molecular weight excluding hydrogens is 204 g/mol. The normalized spacial score (nSPS) is 29.9. The first-order valence-corrected chi connectivity index (χ1v) is 5.65. The Hall–Kier alpha value is -1.35. The monoisotopic (exact) mass is 220 g/mol. The maximum absolute atomic E-state index is 11.2. The number of carboxylic acid groups (broad SMARTS) is 1. The van der Waals surface area contributed by atoms with Gasteiger partial charge in [-0.3, -0.25) is 4.79 Å². The van der Waals surface area contributed by atoms with Gasteiger partial charge in [-0.25, -0.2) is 0 Å². The Balaban J connectivity index is 2.37. The van der Waals surface area contributed by atoms with Gasteiger partial charge in [0.15, 0.2) is 0 Å². The second-order valence-corrected chi connectivity index (χ2v) is 4.43. The number of aliphatic hydroxyl groups is 1. The first kappa shape index (κ1) is 11.1. The van der Waals surface area contributed by atoms with Crippen LogP contribution in [0, 0.1) is 5.92 Å². The van der Waals surface area contributed by atoms with Crippen molar-refractivity contribution in [1.29, 1.82) is 0 Å². The van der Waals surface area contributed by atoms with Gasteiger partial charge in [0, 0.05) is 0 Å². The third-order valence-corrected chi connectivity index (χ3v) is 3.45. The van der Waals surface area contributed by atoms with Crippen molar-refractivity contribution in [2.24, 2.45) is 5.92 Å². The lowest BCUT2D eigenvalue weighted by molar-refractivity contribution is -0.157. The molecule has 16 heavy (non-hydrogen) atoms. The molecule has 0 amide bonds. The van der Waals surface area contributed by atoms with Crippen LogP contribution in [0.15, 0.2) is 30.3 Å². The Morgan fingerprint density at radius 2 is 1.94 bits per heavy atom. The number of aliphatic carboxylic acids is 1. The smallest absolute Gasteiger partial charge is 0.309 e. The van der Waals surface area contributed by atoms with Gasteiger partial charge in [-0.05, 0) is 18.4 Å². The Morgan fingerprint density at radius 3 is 2.56 bits per heavy atom. The van der Waals surface area contributed by atoms with Crippen molar-refractivity contribution in [2.75, 3.05) is 0 Å². The standard InChI is InChI=1S/C13H16O3/c14-12(15)11-8-4-5-9-13(11,16)10-6-2-1-3-7-10/h1-3,6-7,11,16H,4-5,8-9H2,(H,14,15)/t11-,13+/m0/s1. The zero-order valence-corrected chi connectivity index (χ0v) is 9.10. The molecule has 0 aliphatic heterocycles. The molecule has 1 saturated carbocycles. The summed E-state index contributed by atoms with van der Waals surface area (Å²) in [4.78, 5) is 11.2. The van der Waals surface area contributed by atoms with Gasteiger partial charge in [-0.1, -0.05) is 43.2 Å². The molecule has 0 radical (unpaired) electrons. The van der Waals surface area contributed by atoms with Gasteiger partial charge in [-0.2, -0.15) is 0 Å². The summed E-state index contributed by atoms with van der Waals surface area (Å²) in [5, 5.41) is 19.8. The lowest BCUT2D eigenvalue weighted by atomic mass is 9.71. The SMILES string of the molecule is O=C(O)[C@@H]1CCCC[C@@]1(O)c1ccccc1. The molecule has 0 saturated heterocycles. The zero-order valence-electron chi connectivity index (χ0n) is 9.10. The molecule has 3 nitrogen and oxygen atoms in total. The second kappa shape index (κ2) is 4.26. The van der Waals surface area contributed by atoms with Crippen molar-refractivity contribution < 1.29 is 15.0 Å². The predicted molar refractivity (Wildman–Crippen MR) is 59.9 cm³/mol. The fraction of sp³-hybridized carbons (Fsp3) is 0.462. The van der Waals surface area contributed by atoms with E-state index in [4.69, 9.17) is 0 Å². The van der Waals surface area contributed by atoms with E-state index in [9.17, 15) is 15.0 Å². The highest BCUT2D eigenvalue weighted by atomic mass is 16.4. The van der Waals surface area contributed by atoms with Crippen LogP contribution in [0.3, 0.4) is 0 Å². The molecule has 1 aromatic carbocycles. The van der Waals surface area contributed by atoms with Crippen molar-refractivity contribution in [3.05, 3.63) is 35.9 Å². The summed E-state index contributed by atoms with van der Waals surface area (Å²) < 4.78 is 0. The number of carbonyl (C=O) groups is 1. The first-order chi connectivity index (χ1) is 7.64. The minimum atomic E-state index is -1.19. The molecule has 1 fully saturated rings. The van der Waals surface area contributed by atoms with Crippen LogP contribution in [0.1, 0.15) is 31.2 Å². The number of rotatable bonds is 2. The summed E-state index contributed by atoms with van der Waals surface area (Å²) in [7, 11) is 0. The maximum Gasteiger partial charge on any atom is 0.309 e. The summed E-state index contributed by atoms with van der Waals surface area (Å²) >= 11 is 0. The minimum Gasteiger partial charge on any atom is -0.481 e. The van der Waals surface area contributed by atoms with E-state index < -0.39 is 17.5 Å². The van der Waals surface area contributed by atoms with E-state index in [1.807, 2.05) is 18.2 Å². The summed E-state index contributed by atoms with van der Waals surface area (Å²) in [5.41, 5.74) is -0.465. The Labute approximate surface area is 94.7 Å². The number of benzene rings is 1. The maximum atomic E-state index is 11.2. The number of carboxylic acids is 1. The molecule has 1 aromatic rings.